The summed E-state index contributed by atoms with van der Waals surface area (Å²) >= 11 is 3.40. The normalized spacial score (nSPS) is 19.2. The van der Waals surface area contributed by atoms with Gasteiger partial charge in [-0.2, -0.15) is 0 Å². The lowest BCUT2D eigenvalue weighted by Crippen LogP contribution is -2.34. The number of carbonyl (C=O) groups is 1. The van der Waals surface area contributed by atoms with Crippen molar-refractivity contribution in [1.82, 2.24) is 4.90 Å². The van der Waals surface area contributed by atoms with Gasteiger partial charge in [0.2, 0.25) is 0 Å². The fourth-order valence-electron chi connectivity index (χ4n) is 2.49. The number of halogens is 1. The van der Waals surface area contributed by atoms with Crippen molar-refractivity contribution in [3.63, 3.8) is 0 Å². The second-order valence-electron chi connectivity index (χ2n) is 5.43. The molecule has 0 spiro atoms. The molecule has 110 valence electrons. The summed E-state index contributed by atoms with van der Waals surface area (Å²) in [6.45, 7) is 2.59. The Morgan fingerprint density at radius 3 is 3.00 bits per heavy atom. The molecule has 0 amide bonds. The Kier molecular flexibility index (Phi) is 6.20. The summed E-state index contributed by atoms with van der Waals surface area (Å²) in [5.74, 6) is 0.197. The number of hydrogen-bond acceptors (Lipinski definition) is 3. The van der Waals surface area contributed by atoms with E-state index in [-0.39, 0.29) is 5.78 Å². The Hall–Kier alpha value is -0.710. The monoisotopic (exact) mass is 339 g/mol. The van der Waals surface area contributed by atoms with Crippen molar-refractivity contribution in [2.75, 3.05) is 26.7 Å². The number of benzene rings is 1. The molecule has 1 heterocycles. The maximum Gasteiger partial charge on any atom is 0.164 e. The number of hydrogen-bond donors (Lipinski definition) is 0. The molecule has 2 rings (SSSR count). The van der Waals surface area contributed by atoms with Gasteiger partial charge < -0.3 is 9.64 Å². The van der Waals surface area contributed by atoms with Crippen molar-refractivity contribution < 1.29 is 9.53 Å². The number of likely N-dealkylation sites (N-methyl/N-ethyl adjacent to an activating group) is 1. The summed E-state index contributed by atoms with van der Waals surface area (Å²) in [5, 5.41) is 0. The molecule has 3 nitrogen and oxygen atoms in total. The van der Waals surface area contributed by atoms with Crippen LogP contribution in [0.2, 0.25) is 0 Å². The van der Waals surface area contributed by atoms with Crippen LogP contribution in [0.1, 0.15) is 36.0 Å². The summed E-state index contributed by atoms with van der Waals surface area (Å²) in [7, 11) is 2.06. The third-order valence-electron chi connectivity index (χ3n) is 3.66. The van der Waals surface area contributed by atoms with Gasteiger partial charge in [0.05, 0.1) is 6.10 Å². The summed E-state index contributed by atoms with van der Waals surface area (Å²) in [6, 6.07) is 7.59. The summed E-state index contributed by atoms with van der Waals surface area (Å²) < 4.78 is 6.67. The van der Waals surface area contributed by atoms with Gasteiger partial charge in [-0.25, -0.2) is 0 Å². The molecule has 1 aromatic carbocycles. The van der Waals surface area contributed by atoms with Crippen LogP contribution in [0.15, 0.2) is 28.7 Å². The fraction of sp³-hybridized carbons (Fsp3) is 0.562. The molecule has 1 fully saturated rings. The minimum Gasteiger partial charge on any atom is -0.377 e. The van der Waals surface area contributed by atoms with Gasteiger partial charge in [0, 0.05) is 36.2 Å². The molecule has 1 atom stereocenters. The van der Waals surface area contributed by atoms with Gasteiger partial charge >= 0.3 is 0 Å². The van der Waals surface area contributed by atoms with Crippen molar-refractivity contribution in [3.8, 4) is 0 Å². The van der Waals surface area contributed by atoms with Crippen LogP contribution in [0.4, 0.5) is 0 Å². The molecule has 0 bridgehead atoms. The predicted molar refractivity (Wildman–Crippen MR) is 84.2 cm³/mol. The van der Waals surface area contributed by atoms with E-state index < -0.39 is 0 Å². The minimum absolute atomic E-state index is 0.197. The van der Waals surface area contributed by atoms with E-state index in [2.05, 4.69) is 27.9 Å². The Balaban J connectivity index is 1.75. The molecule has 0 N–H and O–H groups in total. The lowest BCUT2D eigenvalue weighted by atomic mass is 10.1. The molecular weight excluding hydrogens is 318 g/mol. The number of ketones is 1. The molecule has 4 heteroatoms. The van der Waals surface area contributed by atoms with Gasteiger partial charge in [-0.05, 0) is 38.4 Å². The van der Waals surface area contributed by atoms with Crippen molar-refractivity contribution in [3.05, 3.63) is 34.3 Å². The van der Waals surface area contributed by atoms with Crippen LogP contribution >= 0.6 is 15.9 Å². The number of rotatable bonds is 6. The van der Waals surface area contributed by atoms with Crippen molar-refractivity contribution in [1.29, 1.82) is 0 Å². The first-order valence-electron chi connectivity index (χ1n) is 7.24. The van der Waals surface area contributed by atoms with E-state index in [0.717, 1.165) is 36.2 Å². The zero-order valence-corrected chi connectivity index (χ0v) is 13.6. The smallest absolute Gasteiger partial charge is 0.164 e. The second-order valence-corrected chi connectivity index (χ2v) is 6.35. The molecule has 0 radical (unpaired) electrons. The highest BCUT2D eigenvalue weighted by molar-refractivity contribution is 9.10. The topological polar surface area (TPSA) is 29.5 Å². The zero-order chi connectivity index (χ0) is 14.4. The van der Waals surface area contributed by atoms with E-state index in [1.165, 1.54) is 12.8 Å². The first-order valence-corrected chi connectivity index (χ1v) is 8.03. The van der Waals surface area contributed by atoms with Gasteiger partial charge in [0.15, 0.2) is 5.78 Å². The predicted octanol–water partition coefficient (Wildman–Crippen LogP) is 3.52. The first kappa shape index (κ1) is 15.7. The SMILES string of the molecule is CN(CCC(=O)c1cccc(Br)c1)CC1CCCCO1. The van der Waals surface area contributed by atoms with E-state index >= 15 is 0 Å². The number of carbonyl (C=O) groups excluding carboxylic acids is 1. The molecule has 0 aromatic heterocycles. The Morgan fingerprint density at radius 1 is 1.45 bits per heavy atom. The van der Waals surface area contributed by atoms with Gasteiger partial charge in [0.25, 0.3) is 0 Å². The lowest BCUT2D eigenvalue weighted by molar-refractivity contribution is -0.00144. The van der Waals surface area contributed by atoms with Gasteiger partial charge in [-0.1, -0.05) is 28.1 Å². The Bertz CT molecular complexity index is 444. The molecule has 1 aromatic rings. The molecule has 20 heavy (non-hydrogen) atoms. The average molecular weight is 340 g/mol. The third kappa shape index (κ3) is 5.00. The molecular formula is C16H22BrNO2. The molecule has 0 aliphatic carbocycles. The molecule has 1 unspecified atom stereocenters. The highest BCUT2D eigenvalue weighted by atomic mass is 79.9. The van der Waals surface area contributed by atoms with Crippen molar-refractivity contribution >= 4 is 21.7 Å². The molecule has 0 saturated carbocycles. The van der Waals surface area contributed by atoms with Crippen LogP contribution in [0.5, 0.6) is 0 Å². The average Bonchev–Trinajstić information content (AvgIpc) is 2.46. The van der Waals surface area contributed by atoms with Crippen LogP contribution < -0.4 is 0 Å². The van der Waals surface area contributed by atoms with Crippen LogP contribution in [-0.2, 0) is 4.74 Å². The van der Waals surface area contributed by atoms with Crippen molar-refractivity contribution in [2.24, 2.45) is 0 Å². The van der Waals surface area contributed by atoms with E-state index in [9.17, 15) is 4.79 Å². The van der Waals surface area contributed by atoms with Gasteiger partial charge in [-0.15, -0.1) is 0 Å². The minimum atomic E-state index is 0.197. The number of Topliss-reactive ketones (excluding diaryl/α,β-unsaturated/α-hetero) is 1. The Labute approximate surface area is 129 Å². The lowest BCUT2D eigenvalue weighted by Gasteiger charge is -2.27. The van der Waals surface area contributed by atoms with E-state index in [1.54, 1.807) is 0 Å². The highest BCUT2D eigenvalue weighted by Crippen LogP contribution is 2.15. The number of ether oxygens (including phenoxy) is 1. The first-order chi connectivity index (χ1) is 9.65. The maximum atomic E-state index is 12.1. The summed E-state index contributed by atoms with van der Waals surface area (Å²) in [6.07, 6.45) is 4.48. The summed E-state index contributed by atoms with van der Waals surface area (Å²) in [5.41, 5.74) is 0.779. The van der Waals surface area contributed by atoms with Crippen LogP contribution in [0.3, 0.4) is 0 Å². The van der Waals surface area contributed by atoms with Gasteiger partial charge in [-0.3, -0.25) is 4.79 Å². The van der Waals surface area contributed by atoms with Crippen molar-refractivity contribution in [2.45, 2.75) is 31.8 Å². The number of nitrogens with zero attached hydrogens (tertiary/aromatic N) is 1. The maximum absolute atomic E-state index is 12.1. The standard InChI is InChI=1S/C16H22BrNO2/c1-18(12-15-7-2-3-10-20-15)9-8-16(19)13-5-4-6-14(17)11-13/h4-6,11,15H,2-3,7-10,12H2,1H3. The van der Waals surface area contributed by atoms with E-state index in [4.69, 9.17) is 4.74 Å². The molecule has 1 saturated heterocycles. The quantitative estimate of drug-likeness (QED) is 0.742. The Morgan fingerprint density at radius 2 is 2.30 bits per heavy atom. The zero-order valence-electron chi connectivity index (χ0n) is 12.0. The fourth-order valence-corrected chi connectivity index (χ4v) is 2.89. The molecule has 1 aliphatic rings. The van der Waals surface area contributed by atoms with Crippen LogP contribution in [-0.4, -0.2) is 43.5 Å². The molecule has 1 aliphatic heterocycles. The summed E-state index contributed by atoms with van der Waals surface area (Å²) in [4.78, 5) is 14.3. The van der Waals surface area contributed by atoms with Crippen LogP contribution in [0.25, 0.3) is 0 Å². The highest BCUT2D eigenvalue weighted by Gasteiger charge is 2.16. The van der Waals surface area contributed by atoms with E-state index in [0.29, 0.717) is 12.5 Å². The van der Waals surface area contributed by atoms with Crippen LogP contribution in [0, 0.1) is 0 Å². The third-order valence-corrected chi connectivity index (χ3v) is 4.15. The van der Waals surface area contributed by atoms with Gasteiger partial charge in [0.1, 0.15) is 0 Å². The van der Waals surface area contributed by atoms with E-state index in [1.807, 2.05) is 24.3 Å². The largest absolute Gasteiger partial charge is 0.377 e. The second kappa shape index (κ2) is 7.91.